The monoisotopic (exact) mass is 370 g/mol. The minimum atomic E-state index is -0.547. The fourth-order valence-corrected chi connectivity index (χ4v) is 3.38. The Bertz CT molecular complexity index is 725. The van der Waals surface area contributed by atoms with Crippen LogP contribution in [0.3, 0.4) is 0 Å². The molecule has 0 saturated carbocycles. The zero-order chi connectivity index (χ0) is 19.6. The average molecular weight is 370 g/mol. The van der Waals surface area contributed by atoms with Gasteiger partial charge in [0.15, 0.2) is 11.5 Å². The van der Waals surface area contributed by atoms with Gasteiger partial charge < -0.3 is 14.9 Å². The molecular weight excluding hydrogens is 340 g/mol. The normalized spacial score (nSPS) is 12.0. The molecule has 1 unspecified atom stereocenters. The number of aliphatic hydroxyl groups is 1. The SMILES string of the molecule is CCCC(O)CC(=O)CCc1ccc(O)c(OC)c1CCc1ccccc1. The molecule has 4 nitrogen and oxygen atoms in total. The first kappa shape index (κ1) is 21.0. The van der Waals surface area contributed by atoms with Crippen LogP contribution < -0.4 is 4.74 Å². The first-order chi connectivity index (χ1) is 13.0. The zero-order valence-corrected chi connectivity index (χ0v) is 16.3. The number of carbonyl (C=O) groups is 1. The maximum Gasteiger partial charge on any atom is 0.163 e. The molecule has 0 fully saturated rings. The van der Waals surface area contributed by atoms with Gasteiger partial charge in [-0.15, -0.1) is 0 Å². The molecule has 0 aromatic heterocycles. The molecule has 4 heteroatoms. The van der Waals surface area contributed by atoms with E-state index >= 15 is 0 Å². The molecule has 0 saturated heterocycles. The topological polar surface area (TPSA) is 66.8 Å². The van der Waals surface area contributed by atoms with Gasteiger partial charge in [0.25, 0.3) is 0 Å². The highest BCUT2D eigenvalue weighted by atomic mass is 16.5. The lowest BCUT2D eigenvalue weighted by Crippen LogP contribution is -2.14. The molecular formula is C23H30O4. The highest BCUT2D eigenvalue weighted by Crippen LogP contribution is 2.34. The molecule has 1 atom stereocenters. The fourth-order valence-electron chi connectivity index (χ4n) is 3.38. The van der Waals surface area contributed by atoms with Crippen molar-refractivity contribution in [2.75, 3.05) is 7.11 Å². The second-order valence-electron chi connectivity index (χ2n) is 6.93. The quantitative estimate of drug-likeness (QED) is 0.621. The van der Waals surface area contributed by atoms with E-state index in [0.29, 0.717) is 25.0 Å². The Hall–Kier alpha value is -2.33. The molecule has 0 spiro atoms. The van der Waals surface area contributed by atoms with E-state index in [2.05, 4.69) is 12.1 Å². The zero-order valence-electron chi connectivity index (χ0n) is 16.3. The van der Waals surface area contributed by atoms with Crippen LogP contribution in [-0.2, 0) is 24.1 Å². The summed E-state index contributed by atoms with van der Waals surface area (Å²) >= 11 is 0. The minimum Gasteiger partial charge on any atom is -0.504 e. The lowest BCUT2D eigenvalue weighted by atomic mass is 9.94. The van der Waals surface area contributed by atoms with Crippen molar-refractivity contribution in [2.24, 2.45) is 0 Å². The molecule has 0 heterocycles. The number of phenolic OH excluding ortho intramolecular Hbond substituents is 1. The van der Waals surface area contributed by atoms with Gasteiger partial charge in [0.2, 0.25) is 0 Å². The highest BCUT2D eigenvalue weighted by Gasteiger charge is 2.16. The third-order valence-electron chi connectivity index (χ3n) is 4.81. The van der Waals surface area contributed by atoms with Gasteiger partial charge in [0.1, 0.15) is 5.78 Å². The standard InChI is InChI=1S/C23H30O4/c1-3-7-19(24)16-20(25)13-11-18-12-15-22(26)23(27-2)21(18)14-10-17-8-5-4-6-9-17/h4-6,8-9,12,15,19,24,26H,3,7,10-11,13-14,16H2,1-2H3. The number of aromatic hydroxyl groups is 1. The Labute approximate surface area is 161 Å². The van der Waals surface area contributed by atoms with Gasteiger partial charge in [-0.25, -0.2) is 0 Å². The third-order valence-corrected chi connectivity index (χ3v) is 4.81. The molecule has 146 valence electrons. The molecule has 2 aromatic rings. The van der Waals surface area contributed by atoms with E-state index in [1.54, 1.807) is 13.2 Å². The summed E-state index contributed by atoms with van der Waals surface area (Å²) in [5, 5.41) is 20.0. The van der Waals surface area contributed by atoms with Crippen LogP contribution in [0, 0.1) is 0 Å². The van der Waals surface area contributed by atoms with Crippen molar-refractivity contribution < 1.29 is 19.7 Å². The van der Waals surface area contributed by atoms with Gasteiger partial charge in [-0.05, 0) is 42.9 Å². The Morgan fingerprint density at radius 3 is 2.48 bits per heavy atom. The number of carbonyl (C=O) groups excluding carboxylic acids is 1. The number of Topliss-reactive ketones (excluding diaryl/α,β-unsaturated/α-hetero) is 1. The summed E-state index contributed by atoms with van der Waals surface area (Å²) in [4.78, 5) is 12.2. The summed E-state index contributed by atoms with van der Waals surface area (Å²) in [6.45, 7) is 2.00. The van der Waals surface area contributed by atoms with Crippen LogP contribution in [0.25, 0.3) is 0 Å². The van der Waals surface area contributed by atoms with Gasteiger partial charge >= 0.3 is 0 Å². The fraction of sp³-hybridized carbons (Fsp3) is 0.435. The van der Waals surface area contributed by atoms with Crippen LogP contribution >= 0.6 is 0 Å². The number of rotatable bonds is 11. The molecule has 2 N–H and O–H groups in total. The smallest absolute Gasteiger partial charge is 0.163 e. The number of benzene rings is 2. The van der Waals surface area contributed by atoms with E-state index in [0.717, 1.165) is 30.4 Å². The molecule has 2 rings (SSSR count). The van der Waals surface area contributed by atoms with Gasteiger partial charge in [0, 0.05) is 18.4 Å². The predicted octanol–water partition coefficient (Wildman–Crippen LogP) is 4.24. The number of phenols is 1. The van der Waals surface area contributed by atoms with Crippen molar-refractivity contribution in [3.8, 4) is 11.5 Å². The average Bonchev–Trinajstić information content (AvgIpc) is 2.66. The third kappa shape index (κ3) is 6.40. The maximum absolute atomic E-state index is 12.2. The van der Waals surface area contributed by atoms with Crippen LogP contribution in [0.1, 0.15) is 49.3 Å². The van der Waals surface area contributed by atoms with Crippen LogP contribution in [0.2, 0.25) is 0 Å². The van der Waals surface area contributed by atoms with Gasteiger partial charge in [-0.3, -0.25) is 4.79 Å². The molecule has 0 amide bonds. The number of hydrogen-bond acceptors (Lipinski definition) is 4. The first-order valence-corrected chi connectivity index (χ1v) is 9.66. The summed E-state index contributed by atoms with van der Waals surface area (Å²) in [5.41, 5.74) is 3.18. The van der Waals surface area contributed by atoms with Gasteiger partial charge in [-0.2, -0.15) is 0 Å². The number of hydrogen-bond donors (Lipinski definition) is 2. The van der Waals surface area contributed by atoms with E-state index < -0.39 is 6.10 Å². The van der Waals surface area contributed by atoms with Crippen molar-refractivity contribution >= 4 is 5.78 Å². The number of methoxy groups -OCH3 is 1. The summed E-state index contributed by atoms with van der Waals surface area (Å²) in [6, 6.07) is 13.7. The lowest BCUT2D eigenvalue weighted by molar-refractivity contribution is -0.121. The molecule has 0 radical (unpaired) electrons. The largest absolute Gasteiger partial charge is 0.504 e. The van der Waals surface area contributed by atoms with Crippen LogP contribution in [0.4, 0.5) is 0 Å². The Kier molecular flexibility index (Phi) is 8.34. The van der Waals surface area contributed by atoms with E-state index in [9.17, 15) is 15.0 Å². The van der Waals surface area contributed by atoms with Gasteiger partial charge in [-0.1, -0.05) is 49.7 Å². The van der Waals surface area contributed by atoms with Crippen molar-refractivity contribution in [1.82, 2.24) is 0 Å². The highest BCUT2D eigenvalue weighted by molar-refractivity contribution is 5.79. The van der Waals surface area contributed by atoms with E-state index in [1.807, 2.05) is 31.2 Å². The van der Waals surface area contributed by atoms with Crippen LogP contribution in [0.5, 0.6) is 11.5 Å². The Morgan fingerprint density at radius 1 is 1.07 bits per heavy atom. The van der Waals surface area contributed by atoms with Crippen molar-refractivity contribution in [2.45, 2.75) is 58.0 Å². The summed E-state index contributed by atoms with van der Waals surface area (Å²) in [7, 11) is 1.55. The molecule has 0 bridgehead atoms. The number of aliphatic hydroxyl groups excluding tert-OH is 1. The maximum atomic E-state index is 12.2. The van der Waals surface area contributed by atoms with Crippen molar-refractivity contribution in [3.05, 3.63) is 59.2 Å². The Balaban J connectivity index is 2.09. The molecule has 0 aliphatic heterocycles. The second-order valence-corrected chi connectivity index (χ2v) is 6.93. The van der Waals surface area contributed by atoms with Crippen molar-refractivity contribution in [3.63, 3.8) is 0 Å². The number of aryl methyl sites for hydroxylation is 2. The molecule has 27 heavy (non-hydrogen) atoms. The molecule has 0 aliphatic carbocycles. The van der Waals surface area contributed by atoms with Crippen LogP contribution in [-0.4, -0.2) is 29.2 Å². The van der Waals surface area contributed by atoms with E-state index in [-0.39, 0.29) is 18.0 Å². The second kappa shape index (κ2) is 10.7. The molecule has 2 aromatic carbocycles. The summed E-state index contributed by atoms with van der Waals surface area (Å²) in [5.74, 6) is 0.674. The van der Waals surface area contributed by atoms with Gasteiger partial charge in [0.05, 0.1) is 13.2 Å². The summed E-state index contributed by atoms with van der Waals surface area (Å²) in [6.07, 6.45) is 3.71. The Morgan fingerprint density at radius 2 is 1.81 bits per heavy atom. The van der Waals surface area contributed by atoms with E-state index in [1.165, 1.54) is 5.56 Å². The lowest BCUT2D eigenvalue weighted by Gasteiger charge is -2.16. The van der Waals surface area contributed by atoms with E-state index in [4.69, 9.17) is 4.74 Å². The van der Waals surface area contributed by atoms with Crippen LogP contribution in [0.15, 0.2) is 42.5 Å². The number of ether oxygens (including phenoxy) is 1. The van der Waals surface area contributed by atoms with Crippen molar-refractivity contribution in [1.29, 1.82) is 0 Å². The first-order valence-electron chi connectivity index (χ1n) is 9.66. The predicted molar refractivity (Wildman–Crippen MR) is 107 cm³/mol. The molecule has 0 aliphatic rings. The summed E-state index contributed by atoms with van der Waals surface area (Å²) < 4.78 is 5.43. The number of ketones is 1. The minimum absolute atomic E-state index is 0.0667.